The lowest BCUT2D eigenvalue weighted by atomic mass is 10.0. The zero-order chi connectivity index (χ0) is 15.4. The molecular weight excluding hydrogens is 284 g/mol. The van der Waals surface area contributed by atoms with Gasteiger partial charge in [-0.05, 0) is 43.7 Å². The normalized spacial score (nSPS) is 11.5. The molecule has 2 rings (SSSR count). The number of benzene rings is 1. The Morgan fingerprint density at radius 3 is 2.57 bits per heavy atom. The highest BCUT2D eigenvalue weighted by molar-refractivity contribution is 7.14. The molecule has 4 nitrogen and oxygen atoms in total. The maximum Gasteiger partial charge on any atom is 0.249 e. The van der Waals surface area contributed by atoms with Crippen molar-refractivity contribution in [1.82, 2.24) is 0 Å². The van der Waals surface area contributed by atoms with E-state index in [9.17, 15) is 9.59 Å². The van der Waals surface area contributed by atoms with E-state index in [-0.39, 0.29) is 0 Å². The predicted molar refractivity (Wildman–Crippen MR) is 82.3 cm³/mol. The monoisotopic (exact) mass is 298 g/mol. The summed E-state index contributed by atoms with van der Waals surface area (Å²) in [6, 6.07) is 12.4. The molecular formula is C16H14N2O2S. The van der Waals surface area contributed by atoms with Crippen molar-refractivity contribution in [2.45, 2.75) is 13.8 Å². The second-order valence-electron chi connectivity index (χ2n) is 4.70. The molecule has 0 bridgehead atoms. The van der Waals surface area contributed by atoms with Gasteiger partial charge in [-0.15, -0.1) is 11.3 Å². The van der Waals surface area contributed by atoms with Gasteiger partial charge in [0.25, 0.3) is 0 Å². The molecule has 0 radical (unpaired) electrons. The van der Waals surface area contributed by atoms with Crippen LogP contribution in [0.25, 0.3) is 0 Å². The number of nitrogens with one attached hydrogen (secondary N) is 1. The van der Waals surface area contributed by atoms with E-state index >= 15 is 0 Å². The highest BCUT2D eigenvalue weighted by atomic mass is 32.1. The minimum atomic E-state index is -1.33. The van der Waals surface area contributed by atoms with Gasteiger partial charge in [-0.25, -0.2) is 0 Å². The molecule has 0 saturated carbocycles. The third-order valence-corrected chi connectivity index (χ3v) is 3.94. The molecule has 106 valence electrons. The maximum atomic E-state index is 12.2. The molecule has 0 fully saturated rings. The molecule has 0 aliphatic carbocycles. The Balaban J connectivity index is 2.16. The SMILES string of the molecule is Cc1cccc(NC(=O)C(C#N)C(=O)c2ccc(C)s2)c1. The molecule has 1 aromatic heterocycles. The summed E-state index contributed by atoms with van der Waals surface area (Å²) in [5, 5.41) is 11.8. The number of anilines is 1. The smallest absolute Gasteiger partial charge is 0.249 e. The van der Waals surface area contributed by atoms with E-state index in [0.29, 0.717) is 10.6 Å². The number of amides is 1. The van der Waals surface area contributed by atoms with Crippen LogP contribution in [0.5, 0.6) is 0 Å². The average molecular weight is 298 g/mol. The zero-order valence-corrected chi connectivity index (χ0v) is 12.5. The fourth-order valence-electron chi connectivity index (χ4n) is 1.88. The lowest BCUT2D eigenvalue weighted by molar-refractivity contribution is -0.117. The Morgan fingerprint density at radius 2 is 2.00 bits per heavy atom. The van der Waals surface area contributed by atoms with Crippen molar-refractivity contribution in [3.63, 3.8) is 0 Å². The summed E-state index contributed by atoms with van der Waals surface area (Å²) in [6.45, 7) is 3.77. The summed E-state index contributed by atoms with van der Waals surface area (Å²) in [6.07, 6.45) is 0. The van der Waals surface area contributed by atoms with Crippen molar-refractivity contribution in [2.75, 3.05) is 5.32 Å². The number of aryl methyl sites for hydroxylation is 2. The highest BCUT2D eigenvalue weighted by Crippen LogP contribution is 2.20. The Bertz CT molecular complexity index is 728. The van der Waals surface area contributed by atoms with E-state index in [4.69, 9.17) is 5.26 Å². The summed E-state index contributed by atoms with van der Waals surface area (Å²) in [5.74, 6) is -2.39. The highest BCUT2D eigenvalue weighted by Gasteiger charge is 2.28. The Morgan fingerprint density at radius 1 is 1.24 bits per heavy atom. The number of thiophene rings is 1. The van der Waals surface area contributed by atoms with Crippen LogP contribution in [-0.4, -0.2) is 11.7 Å². The Kier molecular flexibility index (Phi) is 4.51. The van der Waals surface area contributed by atoms with Gasteiger partial charge in [0.15, 0.2) is 11.7 Å². The van der Waals surface area contributed by atoms with E-state index in [2.05, 4.69) is 5.32 Å². The molecule has 0 aliphatic rings. The number of hydrogen-bond donors (Lipinski definition) is 1. The molecule has 21 heavy (non-hydrogen) atoms. The van der Waals surface area contributed by atoms with Gasteiger partial charge in [0.1, 0.15) is 0 Å². The van der Waals surface area contributed by atoms with Crippen LogP contribution in [-0.2, 0) is 4.79 Å². The third kappa shape index (κ3) is 3.56. The standard InChI is InChI=1S/C16H14N2O2S/c1-10-4-3-5-12(8-10)18-16(20)13(9-17)15(19)14-7-6-11(2)21-14/h3-8,13H,1-2H3,(H,18,20). The van der Waals surface area contributed by atoms with Crippen LogP contribution in [0.1, 0.15) is 20.1 Å². The summed E-state index contributed by atoms with van der Waals surface area (Å²) in [4.78, 5) is 25.7. The first-order chi connectivity index (χ1) is 10.0. The van der Waals surface area contributed by atoms with E-state index in [0.717, 1.165) is 10.4 Å². The minimum Gasteiger partial charge on any atom is -0.325 e. The number of carbonyl (C=O) groups excluding carboxylic acids is 2. The Labute approximate surface area is 127 Å². The number of hydrogen-bond acceptors (Lipinski definition) is 4. The second-order valence-corrected chi connectivity index (χ2v) is 5.98. The molecule has 5 heteroatoms. The number of nitrogens with zero attached hydrogens (tertiary/aromatic N) is 1. The number of carbonyl (C=O) groups is 2. The molecule has 2 aromatic rings. The van der Waals surface area contributed by atoms with Gasteiger partial charge in [0.05, 0.1) is 10.9 Å². The van der Waals surface area contributed by atoms with Gasteiger partial charge in [-0.1, -0.05) is 12.1 Å². The van der Waals surface area contributed by atoms with Crippen molar-refractivity contribution in [3.05, 3.63) is 51.7 Å². The molecule has 1 N–H and O–H groups in total. The van der Waals surface area contributed by atoms with E-state index < -0.39 is 17.6 Å². The van der Waals surface area contributed by atoms with Crippen LogP contribution in [0, 0.1) is 31.1 Å². The largest absolute Gasteiger partial charge is 0.325 e. The van der Waals surface area contributed by atoms with Crippen molar-refractivity contribution in [3.8, 4) is 6.07 Å². The molecule has 0 aliphatic heterocycles. The average Bonchev–Trinajstić information content (AvgIpc) is 2.86. The fraction of sp³-hybridized carbons (Fsp3) is 0.188. The minimum absolute atomic E-state index is 0.429. The lowest BCUT2D eigenvalue weighted by Crippen LogP contribution is -2.28. The van der Waals surface area contributed by atoms with Crippen LogP contribution in [0.4, 0.5) is 5.69 Å². The van der Waals surface area contributed by atoms with Crippen molar-refractivity contribution >= 4 is 28.7 Å². The second kappa shape index (κ2) is 6.33. The number of Topliss-reactive ketones (excluding diaryl/α,β-unsaturated/α-hetero) is 1. The van der Waals surface area contributed by atoms with Gasteiger partial charge in [-0.3, -0.25) is 9.59 Å². The third-order valence-electron chi connectivity index (χ3n) is 2.92. The topological polar surface area (TPSA) is 70.0 Å². The van der Waals surface area contributed by atoms with Crippen LogP contribution in [0.3, 0.4) is 0 Å². The first-order valence-corrected chi connectivity index (χ1v) is 7.20. The summed E-state index contributed by atoms with van der Waals surface area (Å²) in [7, 11) is 0. The van der Waals surface area contributed by atoms with Gasteiger partial charge in [0, 0.05) is 10.6 Å². The van der Waals surface area contributed by atoms with Crippen LogP contribution in [0.2, 0.25) is 0 Å². The number of rotatable bonds is 4. The summed E-state index contributed by atoms with van der Waals surface area (Å²) < 4.78 is 0. The zero-order valence-electron chi connectivity index (χ0n) is 11.7. The van der Waals surface area contributed by atoms with Gasteiger partial charge < -0.3 is 5.32 Å². The maximum absolute atomic E-state index is 12.2. The van der Waals surface area contributed by atoms with Crippen molar-refractivity contribution in [2.24, 2.45) is 5.92 Å². The summed E-state index contributed by atoms with van der Waals surface area (Å²) in [5.41, 5.74) is 1.57. The molecule has 0 spiro atoms. The van der Waals surface area contributed by atoms with Crippen LogP contribution >= 0.6 is 11.3 Å². The van der Waals surface area contributed by atoms with E-state index in [1.165, 1.54) is 11.3 Å². The van der Waals surface area contributed by atoms with E-state index in [1.807, 2.05) is 19.9 Å². The van der Waals surface area contributed by atoms with Gasteiger partial charge in [0.2, 0.25) is 5.91 Å². The molecule has 1 amide bonds. The lowest BCUT2D eigenvalue weighted by Gasteiger charge is -2.09. The number of nitriles is 1. The molecule has 1 atom stereocenters. The fourth-order valence-corrected chi connectivity index (χ4v) is 2.72. The first kappa shape index (κ1) is 14.9. The number of ketones is 1. The van der Waals surface area contributed by atoms with Gasteiger partial charge in [-0.2, -0.15) is 5.26 Å². The molecule has 0 saturated heterocycles. The quantitative estimate of drug-likeness (QED) is 0.695. The molecule has 1 unspecified atom stereocenters. The van der Waals surface area contributed by atoms with Crippen molar-refractivity contribution < 1.29 is 9.59 Å². The van der Waals surface area contributed by atoms with Crippen molar-refractivity contribution in [1.29, 1.82) is 5.26 Å². The van der Waals surface area contributed by atoms with Crippen LogP contribution < -0.4 is 5.32 Å². The van der Waals surface area contributed by atoms with Crippen LogP contribution in [0.15, 0.2) is 36.4 Å². The predicted octanol–water partition coefficient (Wildman–Crippen LogP) is 3.33. The molecule has 1 aromatic carbocycles. The Hall–Kier alpha value is -2.45. The molecule has 1 heterocycles. The van der Waals surface area contributed by atoms with E-state index in [1.54, 1.807) is 36.4 Å². The summed E-state index contributed by atoms with van der Waals surface area (Å²) >= 11 is 1.29. The first-order valence-electron chi connectivity index (χ1n) is 6.39. The van der Waals surface area contributed by atoms with Gasteiger partial charge >= 0.3 is 0 Å².